The Morgan fingerprint density at radius 3 is 2.61 bits per heavy atom. The molecule has 3 aromatic rings. The molecular weight excluding hydrogens is 371 g/mol. The predicted octanol–water partition coefficient (Wildman–Crippen LogP) is 4.59. The van der Waals surface area contributed by atoms with Crippen molar-refractivity contribution < 1.29 is 22.6 Å². The molecule has 0 amide bonds. The zero-order valence-electron chi connectivity index (χ0n) is 15.7. The third-order valence-electron chi connectivity index (χ3n) is 4.64. The molecule has 3 heterocycles. The average molecular weight is 391 g/mol. The molecule has 28 heavy (non-hydrogen) atoms. The van der Waals surface area contributed by atoms with E-state index < -0.39 is 11.7 Å². The first kappa shape index (κ1) is 18.6. The van der Waals surface area contributed by atoms with Crippen molar-refractivity contribution in [1.29, 1.82) is 0 Å². The van der Waals surface area contributed by atoms with E-state index in [1.807, 2.05) is 12.1 Å². The summed E-state index contributed by atoms with van der Waals surface area (Å²) in [4.78, 5) is 8.60. The second-order valence-corrected chi connectivity index (χ2v) is 7.89. The van der Waals surface area contributed by atoms with Crippen LogP contribution >= 0.6 is 0 Å². The average Bonchev–Trinajstić information content (AvgIpc) is 3.15. The maximum atomic E-state index is 12.8. The maximum absolute atomic E-state index is 12.8. The van der Waals surface area contributed by atoms with Crippen LogP contribution < -0.4 is 9.47 Å². The summed E-state index contributed by atoms with van der Waals surface area (Å²) in [5.41, 5.74) is 1.10. The number of rotatable bonds is 3. The van der Waals surface area contributed by atoms with Gasteiger partial charge in [0, 0.05) is 11.1 Å². The van der Waals surface area contributed by atoms with Crippen LogP contribution in [0.3, 0.4) is 0 Å². The summed E-state index contributed by atoms with van der Waals surface area (Å²) in [5.74, 6) is 0.640. The SMILES string of the molecule is CC(C)(C)c1ccc(OC[C@@H]2Cn3c(nc4cc(C(F)(F)F)ccc43)O2)cn1. The van der Waals surface area contributed by atoms with Crippen LogP contribution in [0.5, 0.6) is 11.8 Å². The lowest BCUT2D eigenvalue weighted by molar-refractivity contribution is -0.137. The minimum absolute atomic E-state index is 0.0324. The number of nitrogens with zero attached hydrogens (tertiary/aromatic N) is 3. The van der Waals surface area contributed by atoms with Crippen LogP contribution in [0.1, 0.15) is 32.0 Å². The van der Waals surface area contributed by atoms with Crippen LogP contribution in [-0.4, -0.2) is 27.2 Å². The van der Waals surface area contributed by atoms with Crippen molar-refractivity contribution in [2.75, 3.05) is 6.61 Å². The van der Waals surface area contributed by atoms with Crippen molar-refractivity contribution in [1.82, 2.24) is 14.5 Å². The summed E-state index contributed by atoms with van der Waals surface area (Å²) in [6.45, 7) is 7.02. The number of hydrogen-bond donors (Lipinski definition) is 0. The molecule has 1 atom stereocenters. The summed E-state index contributed by atoms with van der Waals surface area (Å²) in [7, 11) is 0. The Labute approximate surface area is 160 Å². The first-order valence-corrected chi connectivity index (χ1v) is 8.95. The first-order valence-electron chi connectivity index (χ1n) is 8.95. The standard InChI is InChI=1S/C20H20F3N3O2/c1-19(2,3)17-7-5-13(9-24-17)27-11-14-10-26-16-6-4-12(20(21,22)23)8-15(16)25-18(26)28-14/h4-9,14H,10-11H2,1-3H3/t14-/m0/s1. The topological polar surface area (TPSA) is 49.2 Å². The molecule has 4 rings (SSSR count). The van der Waals surface area contributed by atoms with Gasteiger partial charge >= 0.3 is 6.18 Å². The van der Waals surface area contributed by atoms with Gasteiger partial charge in [-0.25, -0.2) is 0 Å². The van der Waals surface area contributed by atoms with Gasteiger partial charge in [-0.2, -0.15) is 18.2 Å². The van der Waals surface area contributed by atoms with E-state index in [1.165, 1.54) is 6.07 Å². The molecule has 0 bridgehead atoms. The lowest BCUT2D eigenvalue weighted by Crippen LogP contribution is -2.23. The summed E-state index contributed by atoms with van der Waals surface area (Å²) in [5, 5.41) is 0. The number of imidazole rings is 1. The fourth-order valence-electron chi connectivity index (χ4n) is 3.13. The van der Waals surface area contributed by atoms with Crippen molar-refractivity contribution in [2.24, 2.45) is 0 Å². The number of ether oxygens (including phenoxy) is 2. The Balaban J connectivity index is 1.43. The van der Waals surface area contributed by atoms with Crippen molar-refractivity contribution >= 4 is 11.0 Å². The molecule has 0 saturated carbocycles. The Bertz CT molecular complexity index is 1000. The van der Waals surface area contributed by atoms with Gasteiger partial charge in [0.25, 0.3) is 6.01 Å². The molecule has 0 N–H and O–H groups in total. The molecule has 1 aliphatic rings. The highest BCUT2D eigenvalue weighted by Crippen LogP contribution is 2.34. The first-order chi connectivity index (χ1) is 13.1. The molecule has 2 aromatic heterocycles. The van der Waals surface area contributed by atoms with Gasteiger partial charge in [0.15, 0.2) is 6.10 Å². The molecule has 0 spiro atoms. The van der Waals surface area contributed by atoms with Gasteiger partial charge in [-0.15, -0.1) is 0 Å². The van der Waals surface area contributed by atoms with Crippen LogP contribution in [0, 0.1) is 0 Å². The fraction of sp³-hybridized carbons (Fsp3) is 0.400. The molecule has 0 radical (unpaired) electrons. The predicted molar refractivity (Wildman–Crippen MR) is 97.6 cm³/mol. The van der Waals surface area contributed by atoms with Crippen LogP contribution in [-0.2, 0) is 18.1 Å². The van der Waals surface area contributed by atoms with Gasteiger partial charge in [0.05, 0.1) is 29.3 Å². The van der Waals surface area contributed by atoms with E-state index >= 15 is 0 Å². The van der Waals surface area contributed by atoms with Crippen molar-refractivity contribution in [2.45, 2.75) is 45.0 Å². The summed E-state index contributed by atoms with van der Waals surface area (Å²) < 4.78 is 51.8. The molecule has 8 heteroatoms. The minimum atomic E-state index is -4.39. The second-order valence-electron chi connectivity index (χ2n) is 7.89. The number of halogens is 3. The molecule has 148 valence electrons. The van der Waals surface area contributed by atoms with Crippen LogP contribution in [0.2, 0.25) is 0 Å². The number of aromatic nitrogens is 3. The Kier molecular flexibility index (Phi) is 4.24. The van der Waals surface area contributed by atoms with E-state index in [1.54, 1.807) is 10.8 Å². The third kappa shape index (κ3) is 3.50. The summed E-state index contributed by atoms with van der Waals surface area (Å²) >= 11 is 0. The molecule has 0 fully saturated rings. The number of benzene rings is 1. The van der Waals surface area contributed by atoms with Gasteiger partial charge in [-0.3, -0.25) is 9.55 Å². The smallest absolute Gasteiger partial charge is 0.416 e. The zero-order chi connectivity index (χ0) is 20.1. The van der Waals surface area contributed by atoms with Gasteiger partial charge in [-0.05, 0) is 30.3 Å². The molecule has 0 aliphatic carbocycles. The van der Waals surface area contributed by atoms with Gasteiger partial charge in [-0.1, -0.05) is 20.8 Å². The maximum Gasteiger partial charge on any atom is 0.416 e. The number of fused-ring (bicyclic) bond motifs is 3. The molecule has 1 aliphatic heterocycles. The van der Waals surface area contributed by atoms with E-state index in [0.29, 0.717) is 30.4 Å². The quantitative estimate of drug-likeness (QED) is 0.655. The molecule has 0 unspecified atom stereocenters. The molecule has 5 nitrogen and oxygen atoms in total. The monoisotopic (exact) mass is 391 g/mol. The van der Waals surface area contributed by atoms with E-state index in [4.69, 9.17) is 9.47 Å². The van der Waals surface area contributed by atoms with Gasteiger partial charge in [0.1, 0.15) is 12.4 Å². The molecular formula is C20H20F3N3O2. The highest BCUT2D eigenvalue weighted by atomic mass is 19.4. The van der Waals surface area contributed by atoms with Crippen molar-refractivity contribution in [3.63, 3.8) is 0 Å². The fourth-order valence-corrected chi connectivity index (χ4v) is 3.13. The van der Waals surface area contributed by atoms with E-state index in [9.17, 15) is 13.2 Å². The number of pyridine rings is 1. The highest BCUT2D eigenvalue weighted by Gasteiger charge is 2.32. The Morgan fingerprint density at radius 1 is 1.18 bits per heavy atom. The van der Waals surface area contributed by atoms with Crippen LogP contribution in [0.25, 0.3) is 11.0 Å². The van der Waals surface area contributed by atoms with Gasteiger partial charge < -0.3 is 9.47 Å². The molecule has 1 aromatic carbocycles. The Morgan fingerprint density at radius 2 is 1.96 bits per heavy atom. The zero-order valence-corrected chi connectivity index (χ0v) is 15.7. The normalized spacial score (nSPS) is 16.9. The van der Waals surface area contributed by atoms with Crippen LogP contribution in [0.4, 0.5) is 13.2 Å². The third-order valence-corrected chi connectivity index (χ3v) is 4.64. The lowest BCUT2D eigenvalue weighted by atomic mass is 9.92. The van der Waals surface area contributed by atoms with E-state index in [-0.39, 0.29) is 17.0 Å². The van der Waals surface area contributed by atoms with E-state index in [2.05, 4.69) is 30.7 Å². The summed E-state index contributed by atoms with van der Waals surface area (Å²) in [6.07, 6.45) is -2.98. The summed E-state index contributed by atoms with van der Waals surface area (Å²) in [6, 6.07) is 7.64. The van der Waals surface area contributed by atoms with Crippen molar-refractivity contribution in [3.8, 4) is 11.8 Å². The Hall–Kier alpha value is -2.77. The lowest BCUT2D eigenvalue weighted by Gasteiger charge is -2.18. The number of alkyl halides is 3. The van der Waals surface area contributed by atoms with E-state index in [0.717, 1.165) is 17.8 Å². The van der Waals surface area contributed by atoms with Crippen molar-refractivity contribution in [3.05, 3.63) is 47.8 Å². The highest BCUT2D eigenvalue weighted by molar-refractivity contribution is 5.78. The van der Waals surface area contributed by atoms with Crippen LogP contribution in [0.15, 0.2) is 36.5 Å². The largest absolute Gasteiger partial charge is 0.488 e. The number of hydrogen-bond acceptors (Lipinski definition) is 4. The molecule has 0 saturated heterocycles. The van der Waals surface area contributed by atoms with Gasteiger partial charge in [0.2, 0.25) is 0 Å². The minimum Gasteiger partial charge on any atom is -0.488 e. The second kappa shape index (κ2) is 6.39.